The number of halogens is 7. The van der Waals surface area contributed by atoms with E-state index in [0.29, 0.717) is 0 Å². The zero-order chi connectivity index (χ0) is 15.1. The van der Waals surface area contributed by atoms with Crippen LogP contribution in [0.1, 0.15) is 12.8 Å². The molecule has 0 aromatic carbocycles. The predicted octanol–water partition coefficient (Wildman–Crippen LogP) is 1.92. The molecule has 19 heavy (non-hydrogen) atoms. The summed E-state index contributed by atoms with van der Waals surface area (Å²) in [6, 6.07) is -1.53. The van der Waals surface area contributed by atoms with E-state index in [1.807, 2.05) is 0 Å². The first-order valence-corrected chi connectivity index (χ1v) is 4.98. The first kappa shape index (κ1) is 15.7. The van der Waals surface area contributed by atoms with Crippen molar-refractivity contribution in [3.63, 3.8) is 0 Å². The van der Waals surface area contributed by atoms with E-state index in [2.05, 4.69) is 0 Å². The van der Waals surface area contributed by atoms with E-state index < -0.39 is 36.5 Å². The second-order valence-corrected chi connectivity index (χ2v) is 3.92. The summed E-state index contributed by atoms with van der Waals surface area (Å²) in [4.78, 5) is 21.5. The third-order valence-corrected chi connectivity index (χ3v) is 2.67. The van der Waals surface area contributed by atoms with Gasteiger partial charge in [0.2, 0.25) is 6.29 Å². The van der Waals surface area contributed by atoms with Crippen molar-refractivity contribution in [1.29, 1.82) is 0 Å². The minimum absolute atomic E-state index is 0.00729. The van der Waals surface area contributed by atoms with Crippen LogP contribution >= 0.6 is 0 Å². The highest BCUT2D eigenvalue weighted by Gasteiger charge is 2.77. The first-order chi connectivity index (χ1) is 8.46. The molecule has 0 aliphatic carbocycles. The molecule has 0 spiro atoms. The average Bonchev–Trinajstić information content (AvgIpc) is 2.73. The van der Waals surface area contributed by atoms with E-state index in [-0.39, 0.29) is 17.7 Å². The molecule has 10 heteroatoms. The number of carbonyl (C=O) groups excluding carboxylic acids is 2. The SMILES string of the molecule is O=[C][C@@H]1CCCN1C(=O)C(F)(F)C(F)(F)C(F)(F)F. The molecular weight excluding hydrogens is 287 g/mol. The summed E-state index contributed by atoms with van der Waals surface area (Å²) in [6.07, 6.45) is -5.49. The molecule has 0 aromatic rings. The number of hydrogen-bond donors (Lipinski definition) is 0. The van der Waals surface area contributed by atoms with Gasteiger partial charge in [-0.1, -0.05) is 0 Å². The van der Waals surface area contributed by atoms with Crippen molar-refractivity contribution >= 4 is 12.2 Å². The van der Waals surface area contributed by atoms with Crippen LogP contribution in [0.2, 0.25) is 0 Å². The van der Waals surface area contributed by atoms with Gasteiger partial charge in [-0.25, -0.2) is 0 Å². The number of hydrogen-bond acceptors (Lipinski definition) is 2. The van der Waals surface area contributed by atoms with Crippen molar-refractivity contribution in [1.82, 2.24) is 4.90 Å². The molecule has 1 amide bonds. The lowest BCUT2D eigenvalue weighted by Crippen LogP contribution is -2.60. The van der Waals surface area contributed by atoms with Gasteiger partial charge in [-0.3, -0.25) is 9.59 Å². The Bertz CT molecular complexity index is 379. The van der Waals surface area contributed by atoms with Crippen LogP contribution in [0.5, 0.6) is 0 Å². The first-order valence-electron chi connectivity index (χ1n) is 4.98. The molecule has 0 unspecified atom stereocenters. The fraction of sp³-hybridized carbons (Fsp3) is 0.778. The molecule has 0 bridgehead atoms. The minimum atomic E-state index is -6.58. The summed E-state index contributed by atoms with van der Waals surface area (Å²) in [5, 5.41) is 0. The highest BCUT2D eigenvalue weighted by atomic mass is 19.4. The molecule has 1 fully saturated rings. The number of amides is 1. The average molecular weight is 294 g/mol. The normalized spacial score (nSPS) is 21.6. The van der Waals surface area contributed by atoms with Crippen LogP contribution in [0.4, 0.5) is 30.7 Å². The van der Waals surface area contributed by atoms with Gasteiger partial charge < -0.3 is 4.90 Å². The molecule has 109 valence electrons. The fourth-order valence-corrected chi connectivity index (χ4v) is 1.62. The summed E-state index contributed by atoms with van der Waals surface area (Å²) >= 11 is 0. The zero-order valence-electron chi connectivity index (χ0n) is 9.11. The van der Waals surface area contributed by atoms with Gasteiger partial charge in [-0.15, -0.1) is 0 Å². The lowest BCUT2D eigenvalue weighted by Gasteiger charge is -2.31. The standard InChI is InChI=1S/C9H7F7NO2/c10-7(11,8(12,13)9(14,15)16)6(19)17-3-1-2-5(17)4-18/h5H,1-3H2/t5-/m0/s1. The molecule has 1 aliphatic heterocycles. The number of alkyl halides is 7. The fourth-order valence-electron chi connectivity index (χ4n) is 1.62. The van der Waals surface area contributed by atoms with E-state index in [4.69, 9.17) is 0 Å². The van der Waals surface area contributed by atoms with E-state index >= 15 is 0 Å². The largest absolute Gasteiger partial charge is 0.460 e. The molecule has 0 N–H and O–H groups in total. The van der Waals surface area contributed by atoms with Crippen LogP contribution < -0.4 is 0 Å². The Morgan fingerprint density at radius 1 is 1.11 bits per heavy atom. The molecule has 0 saturated carbocycles. The van der Waals surface area contributed by atoms with Gasteiger partial charge in [0, 0.05) is 6.54 Å². The maximum atomic E-state index is 13.1. The summed E-state index contributed by atoms with van der Waals surface area (Å²) in [6.45, 7) is -0.498. The zero-order valence-corrected chi connectivity index (χ0v) is 9.11. The highest BCUT2D eigenvalue weighted by Crippen LogP contribution is 2.47. The van der Waals surface area contributed by atoms with Crippen molar-refractivity contribution in [2.24, 2.45) is 0 Å². The van der Waals surface area contributed by atoms with Crippen molar-refractivity contribution in [3.05, 3.63) is 0 Å². The maximum absolute atomic E-state index is 13.1. The van der Waals surface area contributed by atoms with Crippen molar-refractivity contribution in [3.8, 4) is 0 Å². The van der Waals surface area contributed by atoms with E-state index in [9.17, 15) is 40.3 Å². The maximum Gasteiger partial charge on any atom is 0.460 e. The van der Waals surface area contributed by atoms with E-state index in [0.717, 1.165) is 6.29 Å². The minimum Gasteiger partial charge on any atom is -0.327 e. The van der Waals surface area contributed by atoms with Gasteiger partial charge in [-0.2, -0.15) is 30.7 Å². The number of likely N-dealkylation sites (tertiary alicyclic amines) is 1. The van der Waals surface area contributed by atoms with Crippen LogP contribution in [0.15, 0.2) is 0 Å². The molecule has 1 rings (SSSR count). The molecule has 1 radical (unpaired) electrons. The van der Waals surface area contributed by atoms with Crippen LogP contribution in [-0.2, 0) is 9.59 Å². The van der Waals surface area contributed by atoms with Crippen molar-refractivity contribution in [2.75, 3.05) is 6.54 Å². The predicted molar refractivity (Wildman–Crippen MR) is 46.4 cm³/mol. The van der Waals surface area contributed by atoms with E-state index in [1.165, 1.54) is 0 Å². The van der Waals surface area contributed by atoms with Gasteiger partial charge >= 0.3 is 23.9 Å². The quantitative estimate of drug-likeness (QED) is 0.746. The molecule has 1 aliphatic rings. The Balaban J connectivity index is 3.06. The van der Waals surface area contributed by atoms with Crippen molar-refractivity contribution in [2.45, 2.75) is 36.9 Å². The summed E-state index contributed by atoms with van der Waals surface area (Å²) < 4.78 is 87.0. The molecule has 1 atom stereocenters. The summed E-state index contributed by atoms with van der Waals surface area (Å²) in [5.74, 6) is -15.2. The lowest BCUT2D eigenvalue weighted by molar-refractivity contribution is -0.345. The van der Waals surface area contributed by atoms with Crippen molar-refractivity contribution < 1.29 is 40.3 Å². The lowest BCUT2D eigenvalue weighted by atomic mass is 10.1. The smallest absolute Gasteiger partial charge is 0.327 e. The molecule has 1 heterocycles. The summed E-state index contributed by atoms with van der Waals surface area (Å²) in [5.41, 5.74) is 0. The molecular formula is C9H7F7NO2. The number of carbonyl (C=O) groups is 1. The highest BCUT2D eigenvalue weighted by molar-refractivity contribution is 5.87. The molecule has 3 nitrogen and oxygen atoms in total. The Kier molecular flexibility index (Phi) is 3.83. The topological polar surface area (TPSA) is 37.4 Å². The molecule has 1 saturated heterocycles. The Labute approximate surface area is 102 Å². The molecule has 0 aromatic heterocycles. The Morgan fingerprint density at radius 3 is 2.05 bits per heavy atom. The third-order valence-electron chi connectivity index (χ3n) is 2.67. The third kappa shape index (κ3) is 2.39. The van der Waals surface area contributed by atoms with E-state index in [1.54, 1.807) is 0 Å². The summed E-state index contributed by atoms with van der Waals surface area (Å²) in [7, 11) is 0. The van der Waals surface area contributed by atoms with Crippen LogP contribution in [-0.4, -0.2) is 47.7 Å². The van der Waals surface area contributed by atoms with Gasteiger partial charge in [0.25, 0.3) is 0 Å². The second kappa shape index (κ2) is 4.64. The van der Waals surface area contributed by atoms with Crippen LogP contribution in [0.3, 0.4) is 0 Å². The second-order valence-electron chi connectivity index (χ2n) is 3.92. The van der Waals surface area contributed by atoms with Crippen LogP contribution in [0.25, 0.3) is 0 Å². The van der Waals surface area contributed by atoms with Gasteiger partial charge in [0.05, 0.1) is 6.04 Å². The van der Waals surface area contributed by atoms with Gasteiger partial charge in [0.1, 0.15) is 0 Å². The van der Waals surface area contributed by atoms with Gasteiger partial charge in [0.15, 0.2) is 0 Å². The Hall–Kier alpha value is -1.35. The van der Waals surface area contributed by atoms with Crippen LogP contribution in [0, 0.1) is 0 Å². The Morgan fingerprint density at radius 2 is 1.63 bits per heavy atom. The van der Waals surface area contributed by atoms with Gasteiger partial charge in [-0.05, 0) is 12.8 Å². The number of nitrogens with zero attached hydrogens (tertiary/aromatic N) is 1. The monoisotopic (exact) mass is 294 g/mol. The number of rotatable bonds is 3.